The van der Waals surface area contributed by atoms with Gasteiger partial charge in [0.1, 0.15) is 11.8 Å². The van der Waals surface area contributed by atoms with Gasteiger partial charge in [0.2, 0.25) is 35.2 Å². The first kappa shape index (κ1) is 40.8. The Labute approximate surface area is 291 Å². The van der Waals surface area contributed by atoms with Crippen LogP contribution in [0.5, 0.6) is 5.75 Å². The molecule has 0 radical (unpaired) electrons. The van der Waals surface area contributed by atoms with E-state index in [-0.39, 0.29) is 50.4 Å². The van der Waals surface area contributed by atoms with Crippen molar-refractivity contribution < 1.29 is 33.9 Å². The minimum atomic E-state index is -1.14. The van der Waals surface area contributed by atoms with E-state index in [1.165, 1.54) is 12.1 Å². The second-order valence-electron chi connectivity index (χ2n) is 11.6. The fourth-order valence-electron chi connectivity index (χ4n) is 4.78. The number of aliphatic imine (C=N–C) groups is 1. The molecule has 2 aromatic carbocycles. The lowest BCUT2D eigenvalue weighted by Gasteiger charge is -2.20. The molecule has 0 aliphatic heterocycles. The first-order valence-corrected chi connectivity index (χ1v) is 16.4. The zero-order valence-corrected chi connectivity index (χ0v) is 28.1. The minimum absolute atomic E-state index is 0.0718. The summed E-state index contributed by atoms with van der Waals surface area (Å²) in [4.78, 5) is 80.6. The Morgan fingerprint density at radius 3 is 1.94 bits per heavy atom. The number of benzene rings is 2. The number of phenolic OH excluding ortho intramolecular Hbond substituents is 1. The molecule has 3 unspecified atom stereocenters. The number of phenols is 1. The zero-order valence-electron chi connectivity index (χ0n) is 28.1. The van der Waals surface area contributed by atoms with E-state index in [0.717, 1.165) is 11.1 Å². The molecule has 0 aliphatic carbocycles. The van der Waals surface area contributed by atoms with Crippen LogP contribution in [0.2, 0.25) is 0 Å². The maximum atomic E-state index is 13.2. The Bertz CT molecular complexity index is 1450. The number of aryl methyl sites for hydroxylation is 2. The second-order valence-corrected chi connectivity index (χ2v) is 11.6. The number of hydrogen-bond acceptors (Lipinski definition) is 10. The number of guanidine groups is 1. The molecule has 16 nitrogen and oxygen atoms in total. The molecule has 3 atom stereocenters. The van der Waals surface area contributed by atoms with Gasteiger partial charge in [-0.25, -0.2) is 0 Å². The third kappa shape index (κ3) is 16.2. The third-order valence-electron chi connectivity index (χ3n) is 7.57. The van der Waals surface area contributed by atoms with Gasteiger partial charge >= 0.3 is 0 Å². The molecule has 2 rings (SSSR count). The smallest absolute Gasteiger partial charge is 0.243 e. The van der Waals surface area contributed by atoms with Crippen LogP contribution in [0, 0.1) is 0 Å². The van der Waals surface area contributed by atoms with Gasteiger partial charge in [0.05, 0.1) is 25.2 Å². The van der Waals surface area contributed by atoms with E-state index in [1.54, 1.807) is 12.1 Å². The Kier molecular flexibility index (Phi) is 18.2. The number of rotatable bonds is 23. The normalized spacial score (nSPS) is 12.4. The predicted molar refractivity (Wildman–Crippen MR) is 187 cm³/mol. The molecule has 2 aromatic rings. The number of nitrogens with zero attached hydrogens (tertiary/aromatic N) is 1. The Morgan fingerprint density at radius 2 is 1.32 bits per heavy atom. The fraction of sp³-hybridized carbons (Fsp3) is 0.441. The molecule has 0 fully saturated rings. The molecule has 0 spiro atoms. The van der Waals surface area contributed by atoms with Crippen LogP contribution in [0.4, 0.5) is 0 Å². The SMILES string of the molecule is NCCCC(NC(=O)CNC(=O)C(N)CCCN=C(N)N)C(=O)NCC(=O)NC(CCc1ccccc1)C(=O)C(=O)CCc1ccc(O)cc1. The third-order valence-corrected chi connectivity index (χ3v) is 7.57. The minimum Gasteiger partial charge on any atom is -0.508 e. The molecule has 50 heavy (non-hydrogen) atoms. The molecule has 0 saturated carbocycles. The number of nitrogens with one attached hydrogen (secondary N) is 4. The summed E-state index contributed by atoms with van der Waals surface area (Å²) in [6.45, 7) is -0.447. The summed E-state index contributed by atoms with van der Waals surface area (Å²) < 4.78 is 0. The van der Waals surface area contributed by atoms with Gasteiger partial charge in [0.15, 0.2) is 5.96 Å². The molecule has 13 N–H and O–H groups in total. The van der Waals surface area contributed by atoms with Gasteiger partial charge in [-0.3, -0.25) is 33.8 Å². The summed E-state index contributed by atoms with van der Waals surface area (Å²) >= 11 is 0. The van der Waals surface area contributed by atoms with Gasteiger partial charge in [-0.1, -0.05) is 42.5 Å². The number of carbonyl (C=O) groups is 6. The summed E-state index contributed by atoms with van der Waals surface area (Å²) in [6, 6.07) is 12.4. The van der Waals surface area contributed by atoms with Crippen molar-refractivity contribution in [3.8, 4) is 5.75 Å². The van der Waals surface area contributed by atoms with Crippen LogP contribution in [0.25, 0.3) is 0 Å². The second kappa shape index (κ2) is 22.3. The van der Waals surface area contributed by atoms with Crippen LogP contribution < -0.4 is 44.2 Å². The van der Waals surface area contributed by atoms with Crippen LogP contribution >= 0.6 is 0 Å². The Hall–Kier alpha value is -5.35. The van der Waals surface area contributed by atoms with Crippen LogP contribution in [0.3, 0.4) is 0 Å². The molecule has 0 saturated heterocycles. The number of hydrogen-bond donors (Lipinski definition) is 9. The fourth-order valence-corrected chi connectivity index (χ4v) is 4.78. The van der Waals surface area contributed by atoms with E-state index >= 15 is 0 Å². The maximum absolute atomic E-state index is 13.2. The van der Waals surface area contributed by atoms with Crippen molar-refractivity contribution in [2.24, 2.45) is 27.9 Å². The average molecular weight is 696 g/mol. The van der Waals surface area contributed by atoms with Gasteiger partial charge in [0, 0.05) is 13.0 Å². The topological polar surface area (TPSA) is 287 Å². The van der Waals surface area contributed by atoms with E-state index in [4.69, 9.17) is 22.9 Å². The molecular formula is C34H49N9O7. The monoisotopic (exact) mass is 695 g/mol. The van der Waals surface area contributed by atoms with Gasteiger partial charge in [-0.15, -0.1) is 0 Å². The largest absolute Gasteiger partial charge is 0.508 e. The van der Waals surface area contributed by atoms with Crippen molar-refractivity contribution >= 4 is 41.2 Å². The van der Waals surface area contributed by atoms with Crippen LogP contribution in [-0.4, -0.2) is 90.6 Å². The van der Waals surface area contributed by atoms with Crippen molar-refractivity contribution in [2.45, 2.75) is 69.5 Å². The zero-order chi connectivity index (χ0) is 36.9. The Balaban J connectivity index is 1.94. The molecule has 0 heterocycles. The number of aromatic hydroxyl groups is 1. The molecule has 4 amide bonds. The van der Waals surface area contributed by atoms with E-state index in [2.05, 4.69) is 26.3 Å². The lowest BCUT2D eigenvalue weighted by atomic mass is 9.97. The highest BCUT2D eigenvalue weighted by molar-refractivity contribution is 6.39. The standard InChI is InChI=1S/C34H49N9O7/c35-18-4-9-27(43-30(47)20-40-32(49)25(36)8-5-19-39-34(37)38)33(50)41-21-29(46)42-26(16-12-22-6-2-1-3-7-22)31(48)28(45)17-13-23-10-14-24(44)15-11-23/h1-3,6-7,10-11,14-15,25-27,44H,4-5,8-9,12-13,16-21,35-36H2,(H,40,49)(H,41,50)(H,42,46)(H,43,47)(H4,37,38,39). The Morgan fingerprint density at radius 1 is 0.720 bits per heavy atom. The summed E-state index contributed by atoms with van der Waals surface area (Å²) in [6.07, 6.45) is 1.99. The molecular weight excluding hydrogens is 646 g/mol. The number of Topliss-reactive ketones (excluding diaryl/α,β-unsaturated/α-hetero) is 2. The van der Waals surface area contributed by atoms with E-state index in [9.17, 15) is 33.9 Å². The van der Waals surface area contributed by atoms with Crippen molar-refractivity contribution in [1.29, 1.82) is 0 Å². The summed E-state index contributed by atoms with van der Waals surface area (Å²) in [5, 5.41) is 19.4. The number of carbonyl (C=O) groups excluding carboxylic acids is 6. The lowest BCUT2D eigenvalue weighted by molar-refractivity contribution is -0.139. The van der Waals surface area contributed by atoms with E-state index in [0.29, 0.717) is 25.8 Å². The van der Waals surface area contributed by atoms with Crippen molar-refractivity contribution in [1.82, 2.24) is 21.3 Å². The van der Waals surface area contributed by atoms with Gasteiger partial charge in [-0.2, -0.15) is 0 Å². The molecule has 0 aromatic heterocycles. The van der Waals surface area contributed by atoms with Crippen molar-refractivity contribution in [3.63, 3.8) is 0 Å². The molecule has 16 heteroatoms. The van der Waals surface area contributed by atoms with Gasteiger partial charge in [0.25, 0.3) is 0 Å². The van der Waals surface area contributed by atoms with Gasteiger partial charge < -0.3 is 49.3 Å². The number of amides is 4. The van der Waals surface area contributed by atoms with Crippen molar-refractivity contribution in [3.05, 3.63) is 65.7 Å². The van der Waals surface area contributed by atoms with Crippen LogP contribution in [0.15, 0.2) is 59.6 Å². The quantitative estimate of drug-likeness (QED) is 0.0277. The summed E-state index contributed by atoms with van der Waals surface area (Å²) in [7, 11) is 0. The first-order valence-electron chi connectivity index (χ1n) is 16.4. The summed E-state index contributed by atoms with van der Waals surface area (Å²) in [5.74, 6) is -4.03. The number of ketones is 2. The summed E-state index contributed by atoms with van der Waals surface area (Å²) in [5.41, 5.74) is 23.6. The highest BCUT2D eigenvalue weighted by Crippen LogP contribution is 2.13. The highest BCUT2D eigenvalue weighted by atomic mass is 16.3. The van der Waals surface area contributed by atoms with Crippen LogP contribution in [-0.2, 0) is 41.6 Å². The van der Waals surface area contributed by atoms with Crippen LogP contribution in [0.1, 0.15) is 49.7 Å². The lowest BCUT2D eigenvalue weighted by Crippen LogP contribution is -2.53. The maximum Gasteiger partial charge on any atom is 0.243 e. The van der Waals surface area contributed by atoms with E-state index < -0.39 is 66.4 Å². The van der Waals surface area contributed by atoms with Gasteiger partial charge in [-0.05, 0) is 74.8 Å². The average Bonchev–Trinajstić information content (AvgIpc) is 3.10. The first-order chi connectivity index (χ1) is 23.9. The predicted octanol–water partition coefficient (Wildman–Crippen LogP) is -1.58. The highest BCUT2D eigenvalue weighted by Gasteiger charge is 2.27. The molecule has 0 bridgehead atoms. The van der Waals surface area contributed by atoms with E-state index in [1.807, 2.05) is 30.3 Å². The number of nitrogens with two attached hydrogens (primary N) is 4. The molecule has 272 valence electrons. The van der Waals surface area contributed by atoms with Crippen molar-refractivity contribution in [2.75, 3.05) is 26.2 Å². The molecule has 0 aliphatic rings.